The van der Waals surface area contributed by atoms with Gasteiger partial charge in [0.15, 0.2) is 0 Å². The Morgan fingerprint density at radius 3 is 3.00 bits per heavy atom. The molecule has 0 radical (unpaired) electrons. The minimum Gasteiger partial charge on any atom is -0.497 e. The molecule has 3 nitrogen and oxygen atoms in total. The van der Waals surface area contributed by atoms with E-state index in [0.29, 0.717) is 6.54 Å². The van der Waals surface area contributed by atoms with Gasteiger partial charge in [0.25, 0.3) is 0 Å². The number of nitrogens with zero attached hydrogens (tertiary/aromatic N) is 1. The highest BCUT2D eigenvalue weighted by Gasteiger charge is 1.99. The maximum atomic E-state index is 8.58. The van der Waals surface area contributed by atoms with Crippen LogP contribution in [-0.4, -0.2) is 13.2 Å². The van der Waals surface area contributed by atoms with Crippen molar-refractivity contribution in [1.29, 1.82) is 5.26 Å². The summed E-state index contributed by atoms with van der Waals surface area (Å²) in [5, 5.41) is 11.7. The minimum absolute atomic E-state index is 0.124. The molecule has 1 unspecified atom stereocenters. The van der Waals surface area contributed by atoms with E-state index in [9.17, 15) is 0 Å². The molecular weight excluding hydrogens is 176 g/mol. The molecule has 0 saturated carbocycles. The summed E-state index contributed by atoms with van der Waals surface area (Å²) in [5.41, 5.74) is 1.12. The maximum absolute atomic E-state index is 8.58. The van der Waals surface area contributed by atoms with Crippen molar-refractivity contribution in [2.45, 2.75) is 19.5 Å². The normalized spacial score (nSPS) is 11.8. The molecule has 0 saturated heterocycles. The van der Waals surface area contributed by atoms with Crippen LogP contribution in [-0.2, 0) is 6.54 Å². The summed E-state index contributed by atoms with van der Waals surface area (Å²) in [7, 11) is 1.64. The highest BCUT2D eigenvalue weighted by Crippen LogP contribution is 2.12. The molecular formula is C11H14N2O. The highest BCUT2D eigenvalue weighted by molar-refractivity contribution is 5.28. The van der Waals surface area contributed by atoms with Crippen molar-refractivity contribution in [1.82, 2.24) is 5.32 Å². The molecule has 0 fully saturated rings. The van der Waals surface area contributed by atoms with Crippen LogP contribution in [0.5, 0.6) is 5.75 Å². The van der Waals surface area contributed by atoms with Gasteiger partial charge in [-0.05, 0) is 24.6 Å². The van der Waals surface area contributed by atoms with Crippen molar-refractivity contribution in [3.05, 3.63) is 29.8 Å². The highest BCUT2D eigenvalue weighted by atomic mass is 16.5. The number of nitrogens with one attached hydrogen (secondary N) is 1. The number of hydrogen-bond acceptors (Lipinski definition) is 3. The number of rotatable bonds is 4. The number of methoxy groups -OCH3 is 1. The number of hydrogen-bond donors (Lipinski definition) is 1. The standard InChI is InChI=1S/C11H14N2O/c1-9(7-12)13-8-10-4-3-5-11(6-10)14-2/h3-6,9,13H,8H2,1-2H3. The van der Waals surface area contributed by atoms with Crippen molar-refractivity contribution in [3.8, 4) is 11.8 Å². The summed E-state index contributed by atoms with van der Waals surface area (Å²) in [6, 6.07) is 9.79. The molecule has 0 amide bonds. The van der Waals surface area contributed by atoms with Gasteiger partial charge in [0, 0.05) is 6.54 Å². The quantitative estimate of drug-likeness (QED) is 0.786. The lowest BCUT2D eigenvalue weighted by molar-refractivity contribution is 0.414. The van der Waals surface area contributed by atoms with E-state index in [0.717, 1.165) is 11.3 Å². The van der Waals surface area contributed by atoms with Crippen LogP contribution in [0, 0.1) is 11.3 Å². The van der Waals surface area contributed by atoms with Crippen LogP contribution in [0.1, 0.15) is 12.5 Å². The van der Waals surface area contributed by atoms with Crippen LogP contribution in [0.3, 0.4) is 0 Å². The van der Waals surface area contributed by atoms with Gasteiger partial charge in [-0.15, -0.1) is 0 Å². The first kappa shape index (κ1) is 10.6. The molecule has 0 aromatic heterocycles. The van der Waals surface area contributed by atoms with Crippen molar-refractivity contribution < 1.29 is 4.74 Å². The number of nitriles is 1. The van der Waals surface area contributed by atoms with Gasteiger partial charge < -0.3 is 4.74 Å². The lowest BCUT2D eigenvalue weighted by Gasteiger charge is -2.07. The fourth-order valence-corrected chi connectivity index (χ4v) is 1.10. The van der Waals surface area contributed by atoms with Gasteiger partial charge in [-0.3, -0.25) is 5.32 Å². The fraction of sp³-hybridized carbons (Fsp3) is 0.364. The molecule has 0 bridgehead atoms. The van der Waals surface area contributed by atoms with Crippen LogP contribution >= 0.6 is 0 Å². The van der Waals surface area contributed by atoms with Gasteiger partial charge in [0.1, 0.15) is 5.75 Å². The first-order valence-electron chi connectivity index (χ1n) is 4.52. The molecule has 0 aliphatic carbocycles. The molecule has 1 rings (SSSR count). The summed E-state index contributed by atoms with van der Waals surface area (Å²) in [6.07, 6.45) is 0. The largest absolute Gasteiger partial charge is 0.497 e. The fourth-order valence-electron chi connectivity index (χ4n) is 1.10. The molecule has 1 N–H and O–H groups in total. The molecule has 3 heteroatoms. The zero-order valence-electron chi connectivity index (χ0n) is 8.45. The van der Waals surface area contributed by atoms with Gasteiger partial charge in [0.05, 0.1) is 19.2 Å². The maximum Gasteiger partial charge on any atom is 0.119 e. The Morgan fingerprint density at radius 2 is 2.36 bits per heavy atom. The monoisotopic (exact) mass is 190 g/mol. The Hall–Kier alpha value is -1.53. The second-order valence-corrected chi connectivity index (χ2v) is 3.08. The van der Waals surface area contributed by atoms with Crippen molar-refractivity contribution in [3.63, 3.8) is 0 Å². The van der Waals surface area contributed by atoms with Crippen molar-refractivity contribution in [2.24, 2.45) is 0 Å². The van der Waals surface area contributed by atoms with Crippen molar-refractivity contribution in [2.75, 3.05) is 7.11 Å². The van der Waals surface area contributed by atoms with Gasteiger partial charge in [0.2, 0.25) is 0 Å². The number of ether oxygens (including phenoxy) is 1. The van der Waals surface area contributed by atoms with E-state index in [4.69, 9.17) is 10.00 Å². The summed E-state index contributed by atoms with van der Waals surface area (Å²) >= 11 is 0. The zero-order valence-corrected chi connectivity index (χ0v) is 8.45. The zero-order chi connectivity index (χ0) is 10.4. The topological polar surface area (TPSA) is 45.0 Å². The Bertz CT molecular complexity index is 330. The van der Waals surface area contributed by atoms with E-state index in [-0.39, 0.29) is 6.04 Å². The van der Waals surface area contributed by atoms with Crippen LogP contribution in [0.2, 0.25) is 0 Å². The van der Waals surface area contributed by atoms with E-state index in [1.54, 1.807) is 7.11 Å². The third-order valence-corrected chi connectivity index (χ3v) is 1.94. The summed E-state index contributed by atoms with van der Waals surface area (Å²) in [6.45, 7) is 2.52. The molecule has 0 aliphatic heterocycles. The molecule has 74 valence electrons. The van der Waals surface area contributed by atoms with Crippen LogP contribution in [0.15, 0.2) is 24.3 Å². The minimum atomic E-state index is -0.124. The third kappa shape index (κ3) is 3.08. The van der Waals surface area contributed by atoms with Gasteiger partial charge in [-0.25, -0.2) is 0 Å². The molecule has 1 aromatic carbocycles. The SMILES string of the molecule is COc1cccc(CNC(C)C#N)c1. The Kier molecular flexibility index (Phi) is 3.96. The van der Waals surface area contributed by atoms with Crippen LogP contribution in [0.25, 0.3) is 0 Å². The second kappa shape index (κ2) is 5.25. The predicted molar refractivity (Wildman–Crippen MR) is 54.9 cm³/mol. The summed E-state index contributed by atoms with van der Waals surface area (Å²) in [5.74, 6) is 0.842. The van der Waals surface area contributed by atoms with Gasteiger partial charge >= 0.3 is 0 Å². The summed E-state index contributed by atoms with van der Waals surface area (Å²) < 4.78 is 5.10. The molecule has 1 atom stereocenters. The van der Waals surface area contributed by atoms with E-state index in [1.807, 2.05) is 31.2 Å². The molecule has 1 aromatic rings. The predicted octanol–water partition coefficient (Wildman–Crippen LogP) is 1.70. The average molecular weight is 190 g/mol. The Balaban J connectivity index is 2.55. The smallest absolute Gasteiger partial charge is 0.119 e. The Labute approximate surface area is 84.3 Å². The van der Waals surface area contributed by atoms with E-state index in [2.05, 4.69) is 11.4 Å². The summed E-state index contributed by atoms with van der Waals surface area (Å²) in [4.78, 5) is 0. The first-order chi connectivity index (χ1) is 6.76. The van der Waals surface area contributed by atoms with E-state index >= 15 is 0 Å². The second-order valence-electron chi connectivity index (χ2n) is 3.08. The van der Waals surface area contributed by atoms with E-state index < -0.39 is 0 Å². The lowest BCUT2D eigenvalue weighted by Crippen LogP contribution is -2.23. The Morgan fingerprint density at radius 1 is 1.57 bits per heavy atom. The van der Waals surface area contributed by atoms with Crippen LogP contribution < -0.4 is 10.1 Å². The van der Waals surface area contributed by atoms with Crippen molar-refractivity contribution >= 4 is 0 Å². The third-order valence-electron chi connectivity index (χ3n) is 1.94. The van der Waals surface area contributed by atoms with Crippen LogP contribution in [0.4, 0.5) is 0 Å². The van der Waals surface area contributed by atoms with E-state index in [1.165, 1.54) is 0 Å². The van der Waals surface area contributed by atoms with Gasteiger partial charge in [-0.1, -0.05) is 12.1 Å². The lowest BCUT2D eigenvalue weighted by atomic mass is 10.2. The average Bonchev–Trinajstić information content (AvgIpc) is 2.26. The van der Waals surface area contributed by atoms with Gasteiger partial charge in [-0.2, -0.15) is 5.26 Å². The molecule has 0 spiro atoms. The number of benzene rings is 1. The molecule has 0 aliphatic rings. The molecule has 14 heavy (non-hydrogen) atoms. The first-order valence-corrected chi connectivity index (χ1v) is 4.52. The molecule has 0 heterocycles.